The van der Waals surface area contributed by atoms with Gasteiger partial charge in [0, 0.05) is 18.3 Å². The second-order valence-electron chi connectivity index (χ2n) is 6.57. The average Bonchev–Trinajstić information content (AvgIpc) is 3.18. The number of halogens is 7. The zero-order valence-corrected chi connectivity index (χ0v) is 18.1. The van der Waals surface area contributed by atoms with E-state index in [0.29, 0.717) is 5.69 Å². The minimum absolute atomic E-state index is 0.0206. The molecule has 0 radical (unpaired) electrons. The predicted molar refractivity (Wildman–Crippen MR) is 108 cm³/mol. The van der Waals surface area contributed by atoms with Crippen molar-refractivity contribution in [3.8, 4) is 0 Å². The molecule has 0 saturated heterocycles. The zero-order chi connectivity index (χ0) is 23.1. The summed E-state index contributed by atoms with van der Waals surface area (Å²) in [6, 6.07) is 5.82. The van der Waals surface area contributed by atoms with E-state index in [1.807, 2.05) is 0 Å². The van der Waals surface area contributed by atoms with E-state index in [9.17, 15) is 22.4 Å². The molecule has 0 fully saturated rings. The molecule has 0 bridgehead atoms. The van der Waals surface area contributed by atoms with E-state index in [1.54, 1.807) is 0 Å². The van der Waals surface area contributed by atoms with E-state index < -0.39 is 45.6 Å². The molecule has 0 amide bonds. The Bertz CT molecular complexity index is 1050. The average molecular weight is 500 g/mol. The van der Waals surface area contributed by atoms with Crippen LogP contribution in [0.25, 0.3) is 0 Å². The van der Waals surface area contributed by atoms with Crippen LogP contribution in [0.2, 0.25) is 15.1 Å². The van der Waals surface area contributed by atoms with Crippen LogP contribution in [0.1, 0.15) is 22.3 Å². The maximum absolute atomic E-state index is 14.1. The molecule has 12 heteroatoms. The lowest BCUT2D eigenvalue weighted by molar-refractivity contribution is -0.275. The number of hydrogen-bond donors (Lipinski definition) is 0. The normalized spacial score (nSPS) is 18.4. The van der Waals surface area contributed by atoms with E-state index in [0.717, 1.165) is 12.1 Å². The van der Waals surface area contributed by atoms with Gasteiger partial charge in [-0.2, -0.15) is 13.2 Å². The fraction of sp³-hybridized carbons (Fsp3) is 0.263. The molecule has 2 aromatic carbocycles. The molecular weight excluding hydrogens is 487 g/mol. The molecule has 0 saturated carbocycles. The molecule has 0 N–H and O–H groups in total. The highest BCUT2D eigenvalue weighted by Crippen LogP contribution is 2.50. The van der Waals surface area contributed by atoms with Gasteiger partial charge < -0.3 is 14.5 Å². The summed E-state index contributed by atoms with van der Waals surface area (Å²) in [5.74, 6) is -1.88. The molecule has 1 atom stereocenters. The lowest BCUT2D eigenvalue weighted by Gasteiger charge is -2.30. The van der Waals surface area contributed by atoms with Crippen molar-refractivity contribution in [2.24, 2.45) is 5.16 Å². The summed E-state index contributed by atoms with van der Waals surface area (Å²) in [6.07, 6.45) is -5.71. The summed E-state index contributed by atoms with van der Waals surface area (Å²) in [6.45, 7) is 0. The van der Waals surface area contributed by atoms with E-state index in [2.05, 4.69) is 9.89 Å². The molecule has 0 aliphatic carbocycles. The minimum atomic E-state index is -4.94. The van der Waals surface area contributed by atoms with Gasteiger partial charge in [-0.1, -0.05) is 40.0 Å². The fourth-order valence-electron chi connectivity index (χ4n) is 2.99. The van der Waals surface area contributed by atoms with Crippen LogP contribution in [0.3, 0.4) is 0 Å². The lowest BCUT2D eigenvalue weighted by Crippen LogP contribution is -2.44. The summed E-state index contributed by atoms with van der Waals surface area (Å²) in [7, 11) is 2.60. The van der Waals surface area contributed by atoms with Crippen molar-refractivity contribution in [2.45, 2.75) is 18.2 Å². The Labute approximate surface area is 189 Å². The van der Waals surface area contributed by atoms with Gasteiger partial charge in [0.1, 0.15) is 0 Å². The van der Waals surface area contributed by atoms with Gasteiger partial charge in [0.15, 0.2) is 11.7 Å². The molecule has 1 unspecified atom stereocenters. The van der Waals surface area contributed by atoms with Crippen LogP contribution in [-0.2, 0) is 15.2 Å². The molecule has 2 aromatic rings. The van der Waals surface area contributed by atoms with Crippen LogP contribution in [-0.4, -0.2) is 32.1 Å². The predicted octanol–water partition coefficient (Wildman–Crippen LogP) is 6.20. The van der Waals surface area contributed by atoms with Crippen LogP contribution in [0, 0.1) is 5.82 Å². The van der Waals surface area contributed by atoms with Crippen molar-refractivity contribution < 1.29 is 31.9 Å². The molecule has 1 aliphatic rings. The molecule has 0 aromatic heterocycles. The molecule has 3 rings (SSSR count). The molecule has 0 spiro atoms. The first kappa shape index (κ1) is 23.4. The van der Waals surface area contributed by atoms with Crippen molar-refractivity contribution in [3.05, 3.63) is 62.3 Å². The van der Waals surface area contributed by atoms with Gasteiger partial charge >= 0.3 is 12.1 Å². The number of carbonyl (C=O) groups is 1. The molecular formula is C19H13Cl3F4N2O3. The monoisotopic (exact) mass is 498 g/mol. The van der Waals surface area contributed by atoms with Gasteiger partial charge in [-0.25, -0.2) is 9.18 Å². The van der Waals surface area contributed by atoms with Crippen molar-refractivity contribution in [1.82, 2.24) is 0 Å². The number of amidine groups is 1. The highest BCUT2D eigenvalue weighted by molar-refractivity contribution is 6.35. The number of anilines is 1. The van der Waals surface area contributed by atoms with Crippen molar-refractivity contribution in [2.75, 3.05) is 19.1 Å². The smallest absolute Gasteiger partial charge is 0.435 e. The van der Waals surface area contributed by atoms with Crippen LogP contribution < -0.4 is 4.90 Å². The van der Waals surface area contributed by atoms with Gasteiger partial charge in [0.2, 0.25) is 0 Å². The van der Waals surface area contributed by atoms with E-state index in [1.165, 1.54) is 37.3 Å². The molecule has 166 valence electrons. The summed E-state index contributed by atoms with van der Waals surface area (Å²) in [5, 5.41) is 2.53. The standard InChI is InChI=1S/C19H13Cl3F4N2O3/c1-28(10-3-4-12(20)11(7-10)17(29)30-2)15-8-18(31-27-15,19(24,25)26)9-5-13(21)16(23)14(22)6-9/h3-7H,8H2,1-2H3. The van der Waals surface area contributed by atoms with Gasteiger partial charge in [-0.05, 0) is 30.3 Å². The first-order chi connectivity index (χ1) is 14.4. The van der Waals surface area contributed by atoms with Crippen molar-refractivity contribution in [1.29, 1.82) is 0 Å². The van der Waals surface area contributed by atoms with Gasteiger partial charge in [-0.3, -0.25) is 0 Å². The van der Waals surface area contributed by atoms with Gasteiger partial charge in [0.25, 0.3) is 5.60 Å². The lowest BCUT2D eigenvalue weighted by atomic mass is 9.89. The maximum Gasteiger partial charge on any atom is 0.435 e. The number of hydrogen-bond acceptors (Lipinski definition) is 5. The largest absolute Gasteiger partial charge is 0.465 e. The van der Waals surface area contributed by atoms with Crippen LogP contribution in [0.5, 0.6) is 0 Å². The van der Waals surface area contributed by atoms with E-state index >= 15 is 0 Å². The highest BCUT2D eigenvalue weighted by Gasteiger charge is 2.63. The minimum Gasteiger partial charge on any atom is -0.465 e. The number of oxime groups is 1. The number of esters is 1. The van der Waals surface area contributed by atoms with E-state index in [4.69, 9.17) is 39.6 Å². The Balaban J connectivity index is 1.99. The second-order valence-corrected chi connectivity index (χ2v) is 7.79. The number of ether oxygens (including phenoxy) is 1. The molecule has 1 aliphatic heterocycles. The summed E-state index contributed by atoms with van der Waals surface area (Å²) in [4.78, 5) is 18.0. The Morgan fingerprint density at radius 1 is 1.16 bits per heavy atom. The number of methoxy groups -OCH3 is 1. The third-order valence-corrected chi connectivity index (χ3v) is 5.63. The highest BCUT2D eigenvalue weighted by atomic mass is 35.5. The fourth-order valence-corrected chi connectivity index (χ4v) is 3.68. The zero-order valence-electron chi connectivity index (χ0n) is 15.9. The Hall–Kier alpha value is -2.23. The Morgan fingerprint density at radius 2 is 1.77 bits per heavy atom. The number of nitrogens with zero attached hydrogens (tertiary/aromatic N) is 2. The van der Waals surface area contributed by atoms with Crippen molar-refractivity contribution in [3.63, 3.8) is 0 Å². The number of carbonyl (C=O) groups excluding carboxylic acids is 1. The summed E-state index contributed by atoms with van der Waals surface area (Å²) in [5.41, 5.74) is -3.11. The molecule has 1 heterocycles. The third kappa shape index (κ3) is 4.14. The molecule has 31 heavy (non-hydrogen) atoms. The molecule has 5 nitrogen and oxygen atoms in total. The Morgan fingerprint density at radius 3 is 2.32 bits per heavy atom. The van der Waals surface area contributed by atoms with Crippen LogP contribution in [0.15, 0.2) is 35.5 Å². The van der Waals surface area contributed by atoms with E-state index in [-0.39, 0.29) is 16.4 Å². The number of benzene rings is 2. The summed E-state index contributed by atoms with van der Waals surface area (Å²) < 4.78 is 60.7. The van der Waals surface area contributed by atoms with Crippen LogP contribution in [0.4, 0.5) is 23.2 Å². The first-order valence-corrected chi connectivity index (χ1v) is 9.63. The summed E-state index contributed by atoms with van der Waals surface area (Å²) >= 11 is 17.4. The second kappa shape index (κ2) is 8.37. The topological polar surface area (TPSA) is 51.1 Å². The number of alkyl halides is 3. The maximum atomic E-state index is 14.1. The Kier molecular flexibility index (Phi) is 6.32. The van der Waals surface area contributed by atoms with Crippen LogP contribution >= 0.6 is 34.8 Å². The third-order valence-electron chi connectivity index (χ3n) is 4.75. The number of rotatable bonds is 3. The quantitative estimate of drug-likeness (QED) is 0.287. The van der Waals surface area contributed by atoms with Crippen molar-refractivity contribution >= 4 is 52.3 Å². The van der Waals surface area contributed by atoms with Gasteiger partial charge in [0.05, 0.1) is 34.2 Å². The SMILES string of the molecule is COC(=O)c1cc(N(C)C2=NOC(c3cc(Cl)c(F)c(Cl)c3)(C(F)(F)F)C2)ccc1Cl. The van der Waals surface area contributed by atoms with Gasteiger partial charge in [-0.15, -0.1) is 0 Å². The first-order valence-electron chi connectivity index (χ1n) is 8.49.